The predicted octanol–water partition coefficient (Wildman–Crippen LogP) is 4.08. The van der Waals surface area contributed by atoms with Crippen LogP contribution in [0.1, 0.15) is 34.2 Å². The maximum Gasteiger partial charge on any atom is 0.254 e. The van der Waals surface area contributed by atoms with Gasteiger partial charge in [0.15, 0.2) is 0 Å². The molecule has 0 bridgehead atoms. The molecule has 0 saturated heterocycles. The smallest absolute Gasteiger partial charge is 0.254 e. The lowest BCUT2D eigenvalue weighted by Gasteiger charge is -2.24. The first-order valence-electron chi connectivity index (χ1n) is 10.2. The second kappa shape index (κ2) is 8.92. The molecule has 0 radical (unpaired) electrons. The molecule has 2 aromatic carbocycles. The van der Waals surface area contributed by atoms with Gasteiger partial charge in [-0.25, -0.2) is 4.39 Å². The lowest BCUT2D eigenvalue weighted by atomic mass is 10.1. The molecular weight excluding hydrogens is 395 g/mol. The Morgan fingerprint density at radius 3 is 2.90 bits per heavy atom. The molecule has 1 unspecified atom stereocenters. The van der Waals surface area contributed by atoms with E-state index in [0.717, 1.165) is 6.42 Å². The number of anilines is 2. The molecule has 2 N–H and O–H groups in total. The quantitative estimate of drug-likeness (QED) is 0.565. The van der Waals surface area contributed by atoms with Crippen molar-refractivity contribution < 1.29 is 13.6 Å². The minimum absolute atomic E-state index is 0.0361. The van der Waals surface area contributed by atoms with E-state index in [2.05, 4.69) is 34.6 Å². The van der Waals surface area contributed by atoms with Crippen LogP contribution < -0.4 is 15.5 Å². The van der Waals surface area contributed by atoms with E-state index in [-0.39, 0.29) is 11.5 Å². The molecule has 0 aliphatic carbocycles. The topological polar surface area (TPSA) is 81.3 Å². The molecule has 1 aliphatic heterocycles. The fourth-order valence-electron chi connectivity index (χ4n) is 3.94. The third kappa shape index (κ3) is 4.24. The molecule has 2 heterocycles. The maximum atomic E-state index is 13.7. The Labute approximate surface area is 180 Å². The number of benzene rings is 2. The van der Waals surface area contributed by atoms with E-state index < -0.39 is 5.82 Å². The van der Waals surface area contributed by atoms with Crippen molar-refractivity contribution in [1.29, 1.82) is 5.26 Å². The van der Waals surface area contributed by atoms with Gasteiger partial charge in [0.05, 0.1) is 24.1 Å². The van der Waals surface area contributed by atoms with Crippen LogP contribution in [-0.4, -0.2) is 25.0 Å². The number of nitriles is 1. The zero-order valence-corrected chi connectivity index (χ0v) is 17.2. The first-order chi connectivity index (χ1) is 15.1. The molecule has 7 heteroatoms. The predicted molar refractivity (Wildman–Crippen MR) is 116 cm³/mol. The highest BCUT2D eigenvalue weighted by Gasteiger charge is 2.27. The number of hydrogen-bond donors (Lipinski definition) is 2. The summed E-state index contributed by atoms with van der Waals surface area (Å²) < 4.78 is 19.3. The van der Waals surface area contributed by atoms with Crippen LogP contribution in [0.2, 0.25) is 0 Å². The van der Waals surface area contributed by atoms with Crippen LogP contribution >= 0.6 is 0 Å². The van der Waals surface area contributed by atoms with Crippen molar-refractivity contribution in [2.24, 2.45) is 0 Å². The zero-order valence-electron chi connectivity index (χ0n) is 17.2. The first-order valence-corrected chi connectivity index (χ1v) is 10.2. The summed E-state index contributed by atoms with van der Waals surface area (Å²) in [5, 5.41) is 14.9. The van der Waals surface area contributed by atoms with Crippen LogP contribution in [0.25, 0.3) is 0 Å². The Balaban J connectivity index is 1.36. The standard InChI is InChI=1S/C24H23FN4O2/c1-16-13-17-5-2-3-8-22(17)29(16)15-23-18(9-12-31-23)24(30)28-11-10-27-21-7-4-6-20(25)19(21)14-26/h2-9,12,16,27H,10-11,13,15H2,1H3,(H,28,30). The highest BCUT2D eigenvalue weighted by atomic mass is 19.1. The zero-order chi connectivity index (χ0) is 21.8. The minimum atomic E-state index is -0.572. The van der Waals surface area contributed by atoms with E-state index >= 15 is 0 Å². The van der Waals surface area contributed by atoms with Gasteiger partial charge in [0.2, 0.25) is 0 Å². The van der Waals surface area contributed by atoms with Gasteiger partial charge in [-0.05, 0) is 43.2 Å². The van der Waals surface area contributed by atoms with Crippen LogP contribution in [-0.2, 0) is 13.0 Å². The summed E-state index contributed by atoms with van der Waals surface area (Å²) in [7, 11) is 0. The number of halogens is 1. The lowest BCUT2D eigenvalue weighted by Crippen LogP contribution is -2.32. The summed E-state index contributed by atoms with van der Waals surface area (Å²) in [6.45, 7) is 3.35. The summed E-state index contributed by atoms with van der Waals surface area (Å²) in [6.07, 6.45) is 2.50. The number of hydrogen-bond acceptors (Lipinski definition) is 5. The SMILES string of the molecule is CC1Cc2ccccc2N1Cc1occc1C(=O)NCCNc1cccc(F)c1C#N. The normalized spacial score (nSPS) is 14.7. The summed E-state index contributed by atoms with van der Waals surface area (Å²) in [5.41, 5.74) is 3.34. The number of para-hydroxylation sites is 1. The van der Waals surface area contributed by atoms with Gasteiger partial charge >= 0.3 is 0 Å². The van der Waals surface area contributed by atoms with Gasteiger partial charge in [-0.3, -0.25) is 4.79 Å². The molecule has 31 heavy (non-hydrogen) atoms. The molecule has 6 nitrogen and oxygen atoms in total. The molecule has 0 spiro atoms. The fraction of sp³-hybridized carbons (Fsp3) is 0.250. The van der Waals surface area contributed by atoms with Crippen molar-refractivity contribution in [1.82, 2.24) is 5.32 Å². The number of carbonyl (C=O) groups is 1. The van der Waals surface area contributed by atoms with Crippen LogP contribution in [0, 0.1) is 17.1 Å². The number of amides is 1. The molecule has 0 fully saturated rings. The van der Waals surface area contributed by atoms with Gasteiger partial charge in [-0.15, -0.1) is 0 Å². The Morgan fingerprint density at radius 2 is 2.06 bits per heavy atom. The molecule has 4 rings (SSSR count). The molecule has 1 atom stereocenters. The Bertz CT molecular complexity index is 1130. The van der Waals surface area contributed by atoms with Crippen molar-refractivity contribution in [3.63, 3.8) is 0 Å². The van der Waals surface area contributed by atoms with Crippen LogP contribution in [0.3, 0.4) is 0 Å². The van der Waals surface area contributed by atoms with Gasteiger partial charge in [0, 0.05) is 24.8 Å². The van der Waals surface area contributed by atoms with Crippen molar-refractivity contribution in [3.8, 4) is 6.07 Å². The Kier molecular flexibility index (Phi) is 5.89. The highest BCUT2D eigenvalue weighted by molar-refractivity contribution is 5.95. The first kappa shape index (κ1) is 20.5. The van der Waals surface area contributed by atoms with E-state index in [4.69, 9.17) is 9.68 Å². The third-order valence-corrected chi connectivity index (χ3v) is 5.50. The molecule has 1 aromatic heterocycles. The molecule has 0 saturated carbocycles. The fourth-order valence-corrected chi connectivity index (χ4v) is 3.94. The molecule has 1 aliphatic rings. The second-order valence-corrected chi connectivity index (χ2v) is 7.52. The van der Waals surface area contributed by atoms with Gasteiger partial charge in [0.25, 0.3) is 5.91 Å². The van der Waals surface area contributed by atoms with Crippen molar-refractivity contribution in [2.45, 2.75) is 25.9 Å². The molecule has 3 aromatic rings. The van der Waals surface area contributed by atoms with Gasteiger partial charge in [-0.1, -0.05) is 24.3 Å². The molecular formula is C24H23FN4O2. The van der Waals surface area contributed by atoms with Crippen LogP contribution in [0.5, 0.6) is 0 Å². The van der Waals surface area contributed by atoms with Crippen LogP contribution in [0.15, 0.2) is 59.2 Å². The summed E-state index contributed by atoms with van der Waals surface area (Å²) in [6, 6.07) is 16.5. The number of nitrogens with zero attached hydrogens (tertiary/aromatic N) is 2. The summed E-state index contributed by atoms with van der Waals surface area (Å²) >= 11 is 0. The van der Waals surface area contributed by atoms with Gasteiger partial charge in [0.1, 0.15) is 23.2 Å². The monoisotopic (exact) mass is 418 g/mol. The number of rotatable bonds is 7. The maximum absolute atomic E-state index is 13.7. The van der Waals surface area contributed by atoms with Gasteiger partial charge < -0.3 is 20.0 Å². The van der Waals surface area contributed by atoms with E-state index in [1.165, 1.54) is 29.6 Å². The van der Waals surface area contributed by atoms with Crippen molar-refractivity contribution in [3.05, 3.63) is 83.1 Å². The summed E-state index contributed by atoms with van der Waals surface area (Å²) in [5.74, 6) is -0.186. The number of nitrogens with one attached hydrogen (secondary N) is 2. The lowest BCUT2D eigenvalue weighted by molar-refractivity contribution is 0.0953. The largest absolute Gasteiger partial charge is 0.467 e. The van der Waals surface area contributed by atoms with E-state index in [0.29, 0.717) is 42.7 Å². The Morgan fingerprint density at radius 1 is 1.23 bits per heavy atom. The van der Waals surface area contributed by atoms with E-state index in [1.54, 1.807) is 12.1 Å². The Hall–Kier alpha value is -3.79. The van der Waals surface area contributed by atoms with Crippen molar-refractivity contribution >= 4 is 17.3 Å². The van der Waals surface area contributed by atoms with E-state index in [9.17, 15) is 9.18 Å². The average molecular weight is 418 g/mol. The number of carbonyl (C=O) groups excluding carboxylic acids is 1. The molecule has 1 amide bonds. The third-order valence-electron chi connectivity index (χ3n) is 5.50. The van der Waals surface area contributed by atoms with Crippen molar-refractivity contribution in [2.75, 3.05) is 23.3 Å². The minimum Gasteiger partial charge on any atom is -0.467 e. The summed E-state index contributed by atoms with van der Waals surface area (Å²) in [4.78, 5) is 14.9. The average Bonchev–Trinajstić information content (AvgIpc) is 3.36. The van der Waals surface area contributed by atoms with E-state index in [1.807, 2.05) is 18.2 Å². The van der Waals surface area contributed by atoms with Gasteiger partial charge in [-0.2, -0.15) is 5.26 Å². The number of furan rings is 1. The van der Waals surface area contributed by atoms with Crippen LogP contribution in [0.4, 0.5) is 15.8 Å². The highest BCUT2D eigenvalue weighted by Crippen LogP contribution is 2.33. The molecule has 158 valence electrons. The number of fused-ring (bicyclic) bond motifs is 1. The second-order valence-electron chi connectivity index (χ2n) is 7.52.